The average Bonchev–Trinajstić information content (AvgIpc) is 3.08. The minimum Gasteiger partial charge on any atom is -0.313 e. The minimum absolute atomic E-state index is 0.452. The van der Waals surface area contributed by atoms with Crippen LogP contribution in [0.2, 0.25) is 0 Å². The molecule has 0 aromatic carbocycles. The third-order valence-electron chi connectivity index (χ3n) is 4.05. The monoisotopic (exact) mass is 266 g/mol. The van der Waals surface area contributed by atoms with E-state index in [0.29, 0.717) is 5.41 Å². The normalized spacial score (nSPS) is 18.8. The molecule has 1 aliphatic carbocycles. The summed E-state index contributed by atoms with van der Waals surface area (Å²) in [7, 11) is 0. The van der Waals surface area contributed by atoms with Crippen LogP contribution in [-0.2, 0) is 6.42 Å². The van der Waals surface area contributed by atoms with Gasteiger partial charge in [-0.05, 0) is 44.4 Å². The molecule has 2 nitrogen and oxygen atoms in total. The summed E-state index contributed by atoms with van der Waals surface area (Å²) in [5, 5.41) is 3.71. The summed E-state index contributed by atoms with van der Waals surface area (Å²) < 4.78 is 0. The van der Waals surface area contributed by atoms with Gasteiger partial charge < -0.3 is 5.32 Å². The summed E-state index contributed by atoms with van der Waals surface area (Å²) in [4.78, 5) is 5.83. The Labute approximate surface area is 115 Å². The summed E-state index contributed by atoms with van der Waals surface area (Å²) >= 11 is 1.81. The molecule has 0 bridgehead atoms. The van der Waals surface area contributed by atoms with Crippen LogP contribution in [0, 0.1) is 12.3 Å². The zero-order chi connectivity index (χ0) is 13.0. The second-order valence-corrected chi connectivity index (χ2v) is 7.02. The van der Waals surface area contributed by atoms with Crippen molar-refractivity contribution in [1.82, 2.24) is 10.3 Å². The van der Waals surface area contributed by atoms with Gasteiger partial charge in [-0.1, -0.05) is 20.3 Å². The van der Waals surface area contributed by atoms with Gasteiger partial charge >= 0.3 is 0 Å². The maximum atomic E-state index is 4.35. The molecular weight excluding hydrogens is 240 g/mol. The molecule has 18 heavy (non-hydrogen) atoms. The Morgan fingerprint density at radius 2 is 2.22 bits per heavy atom. The smallest absolute Gasteiger partial charge is 0.0797 e. The number of nitrogens with one attached hydrogen (secondary N) is 1. The van der Waals surface area contributed by atoms with E-state index in [0.717, 1.165) is 6.04 Å². The predicted octanol–water partition coefficient (Wildman–Crippen LogP) is 3.94. The van der Waals surface area contributed by atoms with Crippen LogP contribution in [-0.4, -0.2) is 17.6 Å². The number of hydrogen-bond acceptors (Lipinski definition) is 3. The van der Waals surface area contributed by atoms with E-state index in [1.54, 1.807) is 0 Å². The molecule has 1 aliphatic rings. The molecule has 1 N–H and O–H groups in total. The molecule has 0 aliphatic heterocycles. The first-order valence-electron chi connectivity index (χ1n) is 7.25. The van der Waals surface area contributed by atoms with Crippen LogP contribution in [0.1, 0.15) is 56.5 Å². The van der Waals surface area contributed by atoms with Gasteiger partial charge in [0.15, 0.2) is 0 Å². The lowest BCUT2D eigenvalue weighted by Gasteiger charge is -2.30. The Morgan fingerprint density at radius 3 is 2.78 bits per heavy atom. The van der Waals surface area contributed by atoms with Gasteiger partial charge in [0.05, 0.1) is 11.2 Å². The molecule has 0 amide bonds. The lowest BCUT2D eigenvalue weighted by atomic mass is 9.80. The summed E-state index contributed by atoms with van der Waals surface area (Å²) in [6.45, 7) is 8.06. The van der Waals surface area contributed by atoms with Crippen molar-refractivity contribution in [2.24, 2.45) is 5.41 Å². The third kappa shape index (κ3) is 4.06. The lowest BCUT2D eigenvalue weighted by Crippen LogP contribution is -2.33. The van der Waals surface area contributed by atoms with Crippen molar-refractivity contribution in [3.05, 3.63) is 16.1 Å². The SMILES string of the molecule is CCCC(C)(CCc1scnc1C)CNC1CC1. The fourth-order valence-corrected chi connectivity index (χ4v) is 3.35. The van der Waals surface area contributed by atoms with Gasteiger partial charge in [-0.15, -0.1) is 11.3 Å². The molecule has 1 atom stereocenters. The molecule has 2 rings (SSSR count). The lowest BCUT2D eigenvalue weighted by molar-refractivity contribution is 0.255. The number of aromatic nitrogens is 1. The van der Waals surface area contributed by atoms with Crippen molar-refractivity contribution in [1.29, 1.82) is 0 Å². The van der Waals surface area contributed by atoms with E-state index < -0.39 is 0 Å². The van der Waals surface area contributed by atoms with Crippen molar-refractivity contribution >= 4 is 11.3 Å². The number of hydrogen-bond donors (Lipinski definition) is 1. The highest BCUT2D eigenvalue weighted by Crippen LogP contribution is 2.31. The third-order valence-corrected chi connectivity index (χ3v) is 5.04. The first kappa shape index (κ1) is 14.0. The second-order valence-electron chi connectivity index (χ2n) is 6.08. The molecule has 1 heterocycles. The quantitative estimate of drug-likeness (QED) is 0.771. The highest BCUT2D eigenvalue weighted by molar-refractivity contribution is 7.09. The molecule has 1 aromatic rings. The molecule has 0 spiro atoms. The maximum absolute atomic E-state index is 4.35. The van der Waals surface area contributed by atoms with E-state index >= 15 is 0 Å². The summed E-state index contributed by atoms with van der Waals surface area (Å²) in [6, 6.07) is 0.825. The number of thiazole rings is 1. The minimum atomic E-state index is 0.452. The van der Waals surface area contributed by atoms with E-state index in [-0.39, 0.29) is 0 Å². The van der Waals surface area contributed by atoms with E-state index in [1.165, 1.54) is 55.6 Å². The molecular formula is C15H26N2S. The topological polar surface area (TPSA) is 24.9 Å². The van der Waals surface area contributed by atoms with Crippen LogP contribution in [0.4, 0.5) is 0 Å². The van der Waals surface area contributed by atoms with E-state index in [2.05, 4.69) is 31.1 Å². The van der Waals surface area contributed by atoms with Crippen LogP contribution in [0.25, 0.3) is 0 Å². The highest BCUT2D eigenvalue weighted by Gasteiger charge is 2.28. The Kier molecular flexibility index (Phi) is 4.79. The van der Waals surface area contributed by atoms with Crippen LogP contribution >= 0.6 is 11.3 Å². The van der Waals surface area contributed by atoms with Crippen LogP contribution in [0.5, 0.6) is 0 Å². The van der Waals surface area contributed by atoms with Crippen LogP contribution < -0.4 is 5.32 Å². The zero-order valence-corrected chi connectivity index (χ0v) is 12.8. The van der Waals surface area contributed by atoms with Gasteiger partial charge in [0.25, 0.3) is 0 Å². The second kappa shape index (κ2) is 6.16. The fourth-order valence-electron chi connectivity index (χ4n) is 2.56. The Morgan fingerprint density at radius 1 is 1.44 bits per heavy atom. The van der Waals surface area contributed by atoms with Crippen molar-refractivity contribution < 1.29 is 0 Å². The van der Waals surface area contributed by atoms with Gasteiger partial charge in [-0.3, -0.25) is 0 Å². The molecule has 3 heteroatoms. The predicted molar refractivity (Wildman–Crippen MR) is 79.2 cm³/mol. The van der Waals surface area contributed by atoms with Gasteiger partial charge in [0.2, 0.25) is 0 Å². The number of nitrogens with zero attached hydrogens (tertiary/aromatic N) is 1. The summed E-state index contributed by atoms with van der Waals surface area (Å²) in [5.41, 5.74) is 3.66. The van der Waals surface area contributed by atoms with Crippen molar-refractivity contribution in [3.8, 4) is 0 Å². The number of aryl methyl sites for hydroxylation is 2. The molecule has 1 aromatic heterocycles. The molecule has 0 radical (unpaired) electrons. The number of rotatable bonds is 8. The first-order chi connectivity index (χ1) is 8.63. The first-order valence-corrected chi connectivity index (χ1v) is 8.13. The molecule has 0 saturated heterocycles. The fraction of sp³-hybridized carbons (Fsp3) is 0.800. The summed E-state index contributed by atoms with van der Waals surface area (Å²) in [5.74, 6) is 0. The summed E-state index contributed by atoms with van der Waals surface area (Å²) in [6.07, 6.45) is 7.85. The Balaban J connectivity index is 1.85. The molecule has 1 fully saturated rings. The largest absolute Gasteiger partial charge is 0.313 e. The van der Waals surface area contributed by atoms with Crippen molar-refractivity contribution in [3.63, 3.8) is 0 Å². The van der Waals surface area contributed by atoms with Crippen molar-refractivity contribution in [2.75, 3.05) is 6.54 Å². The van der Waals surface area contributed by atoms with Crippen molar-refractivity contribution in [2.45, 2.75) is 65.3 Å². The van der Waals surface area contributed by atoms with Gasteiger partial charge in [-0.2, -0.15) is 0 Å². The molecule has 1 unspecified atom stereocenters. The van der Waals surface area contributed by atoms with E-state index in [1.807, 2.05) is 16.8 Å². The van der Waals surface area contributed by atoms with Gasteiger partial charge in [0, 0.05) is 17.5 Å². The zero-order valence-electron chi connectivity index (χ0n) is 12.0. The van der Waals surface area contributed by atoms with Crippen LogP contribution in [0.15, 0.2) is 5.51 Å². The van der Waals surface area contributed by atoms with E-state index in [9.17, 15) is 0 Å². The molecule has 1 saturated carbocycles. The van der Waals surface area contributed by atoms with E-state index in [4.69, 9.17) is 0 Å². The Bertz CT molecular complexity index is 370. The standard InChI is InChI=1S/C15H26N2S/c1-4-8-15(3,10-16-13-5-6-13)9-7-14-12(2)17-11-18-14/h11,13,16H,4-10H2,1-3H3. The highest BCUT2D eigenvalue weighted by atomic mass is 32.1. The van der Waals surface area contributed by atoms with Gasteiger partial charge in [-0.25, -0.2) is 4.98 Å². The maximum Gasteiger partial charge on any atom is 0.0797 e. The molecule has 102 valence electrons. The Hall–Kier alpha value is -0.410. The van der Waals surface area contributed by atoms with Crippen LogP contribution in [0.3, 0.4) is 0 Å². The van der Waals surface area contributed by atoms with Gasteiger partial charge in [0.1, 0.15) is 0 Å². The average molecular weight is 266 g/mol.